The Bertz CT molecular complexity index is 1380. The summed E-state index contributed by atoms with van der Waals surface area (Å²) in [6.07, 6.45) is 0. The molecule has 0 bridgehead atoms. The van der Waals surface area contributed by atoms with E-state index in [1.807, 2.05) is 55.5 Å². The number of carbonyl (C=O) groups is 2. The van der Waals surface area contributed by atoms with Gasteiger partial charge in [0, 0.05) is 16.8 Å². The molecule has 0 fully saturated rings. The molecule has 0 saturated heterocycles. The third kappa shape index (κ3) is 5.45. The minimum absolute atomic E-state index is 0.0422. The summed E-state index contributed by atoms with van der Waals surface area (Å²) in [4.78, 5) is 26.3. The lowest BCUT2D eigenvalue weighted by atomic mass is 9.91. The first-order valence-electron chi connectivity index (χ1n) is 11.1. The number of amidine groups is 1. The molecule has 0 heterocycles. The molecule has 4 aromatic rings. The van der Waals surface area contributed by atoms with E-state index in [1.54, 1.807) is 48.5 Å². The molecule has 1 amide bonds. The Labute approximate surface area is 203 Å². The van der Waals surface area contributed by atoms with Gasteiger partial charge in [-0.1, -0.05) is 60.7 Å². The maximum Gasteiger partial charge on any atom is 0.339 e. The van der Waals surface area contributed by atoms with Gasteiger partial charge in [0.2, 0.25) is 0 Å². The number of hydrogen-bond acceptors (Lipinski definition) is 4. The van der Waals surface area contributed by atoms with Gasteiger partial charge in [-0.15, -0.1) is 0 Å². The van der Waals surface area contributed by atoms with Gasteiger partial charge in [-0.3, -0.25) is 10.2 Å². The lowest BCUT2D eigenvalue weighted by Crippen LogP contribution is -2.15. The van der Waals surface area contributed by atoms with E-state index >= 15 is 0 Å². The molecule has 0 spiro atoms. The van der Waals surface area contributed by atoms with E-state index in [1.165, 1.54) is 0 Å². The molecule has 4 rings (SSSR count). The number of nitrogen functional groups attached to an aromatic ring is 1. The Balaban J connectivity index is 1.64. The average molecular weight is 464 g/mol. The van der Waals surface area contributed by atoms with Crippen LogP contribution in [0.2, 0.25) is 0 Å². The van der Waals surface area contributed by atoms with Gasteiger partial charge in [0.05, 0.1) is 5.56 Å². The molecule has 0 aliphatic carbocycles. The number of nitrogens with two attached hydrogens (primary N) is 1. The number of ether oxygens (including phenoxy) is 1. The fourth-order valence-corrected chi connectivity index (χ4v) is 3.83. The maximum absolute atomic E-state index is 13.2. The van der Waals surface area contributed by atoms with Crippen molar-refractivity contribution in [2.45, 2.75) is 13.5 Å². The molecule has 0 aliphatic heterocycles. The number of amides is 1. The van der Waals surface area contributed by atoms with Crippen LogP contribution in [0, 0.1) is 12.3 Å². The Morgan fingerprint density at radius 3 is 2.20 bits per heavy atom. The van der Waals surface area contributed by atoms with Crippen molar-refractivity contribution in [3.05, 3.63) is 125 Å². The number of hydrogen-bond donors (Lipinski definition) is 3. The minimum Gasteiger partial charge on any atom is -0.457 e. The Kier molecular flexibility index (Phi) is 7.02. The fraction of sp³-hybridized carbons (Fsp3) is 0.0690. The van der Waals surface area contributed by atoms with Crippen molar-refractivity contribution in [3.63, 3.8) is 0 Å². The zero-order valence-electron chi connectivity index (χ0n) is 19.2. The zero-order valence-corrected chi connectivity index (χ0v) is 19.2. The summed E-state index contributed by atoms with van der Waals surface area (Å²) in [7, 11) is 0. The monoisotopic (exact) mass is 463 g/mol. The third-order valence-electron chi connectivity index (χ3n) is 5.60. The van der Waals surface area contributed by atoms with Gasteiger partial charge in [0.1, 0.15) is 12.4 Å². The third-order valence-corrected chi connectivity index (χ3v) is 5.60. The first-order valence-corrected chi connectivity index (χ1v) is 11.1. The maximum atomic E-state index is 13.2. The predicted octanol–water partition coefficient (Wildman–Crippen LogP) is 5.56. The Morgan fingerprint density at radius 2 is 1.49 bits per heavy atom. The van der Waals surface area contributed by atoms with Crippen LogP contribution in [0.15, 0.2) is 97.1 Å². The highest BCUT2D eigenvalue weighted by Crippen LogP contribution is 2.31. The van der Waals surface area contributed by atoms with Crippen LogP contribution in [0.1, 0.15) is 37.4 Å². The Morgan fingerprint density at radius 1 is 0.829 bits per heavy atom. The van der Waals surface area contributed by atoms with Crippen LogP contribution >= 0.6 is 0 Å². The molecule has 6 heteroatoms. The van der Waals surface area contributed by atoms with Crippen molar-refractivity contribution in [2.75, 3.05) is 5.32 Å². The highest BCUT2D eigenvalue weighted by molar-refractivity contribution is 6.11. The van der Waals surface area contributed by atoms with E-state index in [9.17, 15) is 9.59 Å². The second kappa shape index (κ2) is 10.5. The van der Waals surface area contributed by atoms with Crippen molar-refractivity contribution < 1.29 is 14.3 Å². The quantitative estimate of drug-likeness (QED) is 0.190. The summed E-state index contributed by atoms with van der Waals surface area (Å²) in [5, 5.41) is 10.4. The molecule has 4 aromatic carbocycles. The second-order valence-electron chi connectivity index (χ2n) is 8.05. The predicted molar refractivity (Wildman–Crippen MR) is 138 cm³/mol. The molecule has 0 atom stereocenters. The standard InChI is InChI=1S/C29H25N3O3/c1-19-8-7-13-25(29(34)35-18-20-9-3-2-4-10-20)26(19)23-11-5-6-12-24(23)28(33)32-22-16-14-21(15-17-22)27(30)31/h2-17H,18H2,1H3,(H3,30,31)(H,32,33). The van der Waals surface area contributed by atoms with E-state index in [4.69, 9.17) is 15.9 Å². The lowest BCUT2D eigenvalue weighted by Gasteiger charge is -2.16. The van der Waals surface area contributed by atoms with Gasteiger partial charge in [-0.25, -0.2) is 4.79 Å². The number of rotatable bonds is 7. The van der Waals surface area contributed by atoms with Crippen LogP contribution in [0.25, 0.3) is 11.1 Å². The highest BCUT2D eigenvalue weighted by Gasteiger charge is 2.21. The van der Waals surface area contributed by atoms with Gasteiger partial charge in [-0.2, -0.15) is 0 Å². The number of aryl methyl sites for hydroxylation is 1. The molecular weight excluding hydrogens is 438 g/mol. The number of anilines is 1. The van der Waals surface area contributed by atoms with Crippen LogP contribution < -0.4 is 11.1 Å². The van der Waals surface area contributed by atoms with E-state index in [-0.39, 0.29) is 18.3 Å². The summed E-state index contributed by atoms with van der Waals surface area (Å²) in [6, 6.07) is 28.8. The molecule has 35 heavy (non-hydrogen) atoms. The number of carbonyl (C=O) groups excluding carboxylic acids is 2. The largest absolute Gasteiger partial charge is 0.457 e. The van der Waals surface area contributed by atoms with Crippen LogP contribution in [0.5, 0.6) is 0 Å². The summed E-state index contributed by atoms with van der Waals surface area (Å²) < 4.78 is 5.59. The van der Waals surface area contributed by atoms with Crippen LogP contribution in [-0.4, -0.2) is 17.7 Å². The number of esters is 1. The first-order chi connectivity index (χ1) is 16.9. The Hall–Kier alpha value is -4.71. The van der Waals surface area contributed by atoms with Gasteiger partial charge in [-0.05, 0) is 65.6 Å². The first kappa shape index (κ1) is 23.4. The fourth-order valence-electron chi connectivity index (χ4n) is 3.83. The number of benzene rings is 4. The van der Waals surface area contributed by atoms with Gasteiger partial charge >= 0.3 is 5.97 Å². The molecule has 6 nitrogen and oxygen atoms in total. The SMILES string of the molecule is Cc1cccc(C(=O)OCc2ccccc2)c1-c1ccccc1C(=O)Nc1ccc(C(=N)N)cc1. The van der Waals surface area contributed by atoms with Crippen molar-refractivity contribution in [3.8, 4) is 11.1 Å². The topological polar surface area (TPSA) is 105 Å². The van der Waals surface area contributed by atoms with E-state index in [0.29, 0.717) is 33.5 Å². The summed E-state index contributed by atoms with van der Waals surface area (Å²) in [5.74, 6) is -0.815. The van der Waals surface area contributed by atoms with Gasteiger partial charge in [0.15, 0.2) is 0 Å². The van der Waals surface area contributed by atoms with Gasteiger partial charge in [0.25, 0.3) is 5.91 Å². The van der Waals surface area contributed by atoms with Crippen LogP contribution in [0.3, 0.4) is 0 Å². The van der Waals surface area contributed by atoms with Crippen molar-refractivity contribution in [1.82, 2.24) is 0 Å². The van der Waals surface area contributed by atoms with Crippen LogP contribution in [0.4, 0.5) is 5.69 Å². The summed E-state index contributed by atoms with van der Waals surface area (Å²) in [6.45, 7) is 2.06. The van der Waals surface area contributed by atoms with E-state index < -0.39 is 5.97 Å². The summed E-state index contributed by atoms with van der Waals surface area (Å²) >= 11 is 0. The van der Waals surface area contributed by atoms with Crippen molar-refractivity contribution >= 4 is 23.4 Å². The normalized spacial score (nSPS) is 10.4. The van der Waals surface area contributed by atoms with Gasteiger partial charge < -0.3 is 15.8 Å². The minimum atomic E-state index is -0.456. The van der Waals surface area contributed by atoms with Crippen LogP contribution in [-0.2, 0) is 11.3 Å². The molecule has 0 saturated carbocycles. The molecule has 0 aromatic heterocycles. The molecule has 0 radical (unpaired) electrons. The molecular formula is C29H25N3O3. The molecule has 174 valence electrons. The van der Waals surface area contributed by atoms with Crippen molar-refractivity contribution in [2.24, 2.45) is 5.73 Å². The second-order valence-corrected chi connectivity index (χ2v) is 8.05. The molecule has 0 aliphatic rings. The average Bonchev–Trinajstić information content (AvgIpc) is 2.88. The zero-order chi connectivity index (χ0) is 24.8. The summed E-state index contributed by atoms with van der Waals surface area (Å²) in [5.41, 5.74) is 10.5. The number of nitrogens with one attached hydrogen (secondary N) is 2. The molecule has 4 N–H and O–H groups in total. The molecule has 0 unspecified atom stereocenters. The van der Waals surface area contributed by atoms with E-state index in [0.717, 1.165) is 11.1 Å². The van der Waals surface area contributed by atoms with E-state index in [2.05, 4.69) is 5.32 Å². The van der Waals surface area contributed by atoms with Crippen molar-refractivity contribution in [1.29, 1.82) is 5.41 Å². The highest BCUT2D eigenvalue weighted by atomic mass is 16.5. The lowest BCUT2D eigenvalue weighted by molar-refractivity contribution is 0.0473. The smallest absolute Gasteiger partial charge is 0.339 e.